The molecular weight excluding hydrogens is 284 g/mol. The first-order valence-corrected chi connectivity index (χ1v) is 7.75. The fraction of sp³-hybridized carbons (Fsp3) is 0.571. The lowest BCUT2D eigenvalue weighted by atomic mass is 10.0. The molecule has 1 aromatic rings. The van der Waals surface area contributed by atoms with Gasteiger partial charge in [0.2, 0.25) is 0 Å². The van der Waals surface area contributed by atoms with E-state index < -0.39 is 17.2 Å². The van der Waals surface area contributed by atoms with Gasteiger partial charge in [0.05, 0.1) is 5.60 Å². The fourth-order valence-electron chi connectivity index (χ4n) is 1.95. The van der Waals surface area contributed by atoms with E-state index in [4.69, 9.17) is 4.74 Å². The first-order valence-electron chi connectivity index (χ1n) is 6.60. The van der Waals surface area contributed by atoms with Crippen LogP contribution in [0.15, 0.2) is 18.2 Å². The summed E-state index contributed by atoms with van der Waals surface area (Å²) in [5.74, 6) is 0.229. The minimum Gasteiger partial charge on any atom is -0.492 e. The van der Waals surface area contributed by atoms with Crippen molar-refractivity contribution in [1.29, 1.82) is 0 Å². The zero-order chi connectivity index (χ0) is 14.6. The number of rotatable bonds is 6. The number of hydrogen-bond donors (Lipinski definition) is 2. The summed E-state index contributed by atoms with van der Waals surface area (Å²) in [4.78, 5) is 0. The predicted molar refractivity (Wildman–Crippen MR) is 76.2 cm³/mol. The van der Waals surface area contributed by atoms with Crippen molar-refractivity contribution in [1.82, 2.24) is 5.32 Å². The van der Waals surface area contributed by atoms with E-state index in [1.807, 2.05) is 6.92 Å². The summed E-state index contributed by atoms with van der Waals surface area (Å²) in [6.45, 7) is 2.77. The molecule has 0 spiro atoms. The van der Waals surface area contributed by atoms with Gasteiger partial charge in [-0.15, -0.1) is 0 Å². The van der Waals surface area contributed by atoms with Crippen LogP contribution in [-0.2, 0) is 0 Å². The Labute approximate surface area is 121 Å². The molecule has 0 bridgehead atoms. The third-order valence-corrected chi connectivity index (χ3v) is 4.49. The van der Waals surface area contributed by atoms with Gasteiger partial charge < -0.3 is 15.2 Å². The molecule has 0 saturated carbocycles. The summed E-state index contributed by atoms with van der Waals surface area (Å²) in [6, 6.07) is 3.48. The Morgan fingerprint density at radius 3 is 2.90 bits per heavy atom. The highest BCUT2D eigenvalue weighted by molar-refractivity contribution is 7.99. The van der Waals surface area contributed by atoms with Crippen molar-refractivity contribution in [3.05, 3.63) is 29.8 Å². The number of hydrogen-bond acceptors (Lipinski definition) is 4. The van der Waals surface area contributed by atoms with Crippen LogP contribution in [0.4, 0.5) is 8.78 Å². The van der Waals surface area contributed by atoms with E-state index in [2.05, 4.69) is 5.32 Å². The maximum atomic E-state index is 13.0. The number of aliphatic hydroxyl groups is 1. The van der Waals surface area contributed by atoms with Crippen LogP contribution in [0.1, 0.15) is 13.3 Å². The van der Waals surface area contributed by atoms with Crippen LogP contribution in [-0.4, -0.2) is 41.4 Å². The topological polar surface area (TPSA) is 41.5 Å². The highest BCUT2D eigenvalue weighted by Crippen LogP contribution is 2.27. The minimum atomic E-state index is -0.916. The van der Waals surface area contributed by atoms with Gasteiger partial charge in [0.15, 0.2) is 11.6 Å². The molecule has 0 amide bonds. The fourth-order valence-corrected chi connectivity index (χ4v) is 3.24. The monoisotopic (exact) mass is 303 g/mol. The molecule has 0 radical (unpaired) electrons. The van der Waals surface area contributed by atoms with Crippen molar-refractivity contribution in [2.75, 3.05) is 24.7 Å². The van der Waals surface area contributed by atoms with E-state index in [0.717, 1.165) is 30.1 Å². The normalized spacial score (nSPS) is 23.8. The molecule has 0 aliphatic carbocycles. The van der Waals surface area contributed by atoms with Crippen molar-refractivity contribution >= 4 is 11.8 Å². The van der Waals surface area contributed by atoms with E-state index in [0.29, 0.717) is 18.9 Å². The Morgan fingerprint density at radius 1 is 1.45 bits per heavy atom. The maximum absolute atomic E-state index is 13.0. The molecular formula is C14H19F2NO2S. The number of halogens is 2. The Hall–Kier alpha value is -0.850. The van der Waals surface area contributed by atoms with Gasteiger partial charge in [0.25, 0.3) is 0 Å². The number of ether oxygens (including phenoxy) is 1. The third kappa shape index (κ3) is 4.33. The van der Waals surface area contributed by atoms with E-state index in [-0.39, 0.29) is 6.04 Å². The summed E-state index contributed by atoms with van der Waals surface area (Å²) in [7, 11) is 0. The van der Waals surface area contributed by atoms with Gasteiger partial charge in [-0.05, 0) is 31.2 Å². The maximum Gasteiger partial charge on any atom is 0.162 e. The molecule has 1 aromatic carbocycles. The largest absolute Gasteiger partial charge is 0.492 e. The van der Waals surface area contributed by atoms with Gasteiger partial charge in [-0.2, -0.15) is 11.8 Å². The number of thioether (sulfide) groups is 1. The first-order chi connectivity index (χ1) is 9.48. The quantitative estimate of drug-likeness (QED) is 0.845. The summed E-state index contributed by atoms with van der Waals surface area (Å²) < 4.78 is 31.2. The Bertz CT molecular complexity index is 453. The standard InChI is InChI=1S/C14H19F2NO2S/c1-10(17-8-14(18)4-5-20-9-14)7-19-11-2-3-12(15)13(16)6-11/h2-3,6,10,17-18H,4-5,7-9H2,1H3. The van der Waals surface area contributed by atoms with Crippen molar-refractivity contribution in [2.24, 2.45) is 0 Å². The summed E-state index contributed by atoms with van der Waals surface area (Å²) in [6.07, 6.45) is 0.793. The summed E-state index contributed by atoms with van der Waals surface area (Å²) in [5.41, 5.74) is -0.638. The zero-order valence-corrected chi connectivity index (χ0v) is 12.2. The van der Waals surface area contributed by atoms with Gasteiger partial charge in [-0.1, -0.05) is 0 Å². The lowest BCUT2D eigenvalue weighted by molar-refractivity contribution is 0.0630. The molecule has 2 unspecified atom stereocenters. The van der Waals surface area contributed by atoms with Crippen LogP contribution in [0.2, 0.25) is 0 Å². The van der Waals surface area contributed by atoms with Crippen LogP contribution < -0.4 is 10.1 Å². The van der Waals surface area contributed by atoms with E-state index in [1.54, 1.807) is 11.8 Å². The SMILES string of the molecule is CC(COc1ccc(F)c(F)c1)NCC1(O)CCSC1. The summed E-state index contributed by atoms with van der Waals surface area (Å²) >= 11 is 1.75. The smallest absolute Gasteiger partial charge is 0.162 e. The van der Waals surface area contributed by atoms with Gasteiger partial charge in [-0.25, -0.2) is 8.78 Å². The van der Waals surface area contributed by atoms with Crippen molar-refractivity contribution in [3.8, 4) is 5.75 Å². The molecule has 1 fully saturated rings. The average molecular weight is 303 g/mol. The molecule has 2 N–H and O–H groups in total. The second kappa shape index (κ2) is 6.74. The molecule has 6 heteroatoms. The van der Waals surface area contributed by atoms with Crippen LogP contribution in [0, 0.1) is 11.6 Å². The zero-order valence-electron chi connectivity index (χ0n) is 11.4. The lowest BCUT2D eigenvalue weighted by Gasteiger charge is -2.24. The molecule has 1 saturated heterocycles. The Balaban J connectivity index is 1.74. The van der Waals surface area contributed by atoms with E-state index in [9.17, 15) is 13.9 Å². The Morgan fingerprint density at radius 2 is 2.25 bits per heavy atom. The second-order valence-corrected chi connectivity index (χ2v) is 6.30. The molecule has 2 atom stereocenters. The van der Waals surface area contributed by atoms with Crippen molar-refractivity contribution in [3.63, 3.8) is 0 Å². The van der Waals surface area contributed by atoms with Gasteiger partial charge >= 0.3 is 0 Å². The second-order valence-electron chi connectivity index (χ2n) is 5.20. The van der Waals surface area contributed by atoms with Crippen LogP contribution in [0.5, 0.6) is 5.75 Å². The highest BCUT2D eigenvalue weighted by Gasteiger charge is 2.31. The van der Waals surface area contributed by atoms with Crippen molar-refractivity contribution < 1.29 is 18.6 Å². The van der Waals surface area contributed by atoms with E-state index in [1.165, 1.54) is 6.07 Å². The van der Waals surface area contributed by atoms with E-state index >= 15 is 0 Å². The predicted octanol–water partition coefficient (Wildman–Crippen LogP) is 2.19. The van der Waals surface area contributed by atoms with Crippen LogP contribution >= 0.6 is 11.8 Å². The molecule has 0 aromatic heterocycles. The minimum absolute atomic E-state index is 0.0118. The van der Waals surface area contributed by atoms with Crippen LogP contribution in [0.25, 0.3) is 0 Å². The third-order valence-electron chi connectivity index (χ3n) is 3.25. The summed E-state index contributed by atoms with van der Waals surface area (Å²) in [5, 5.41) is 13.4. The average Bonchev–Trinajstić information content (AvgIpc) is 2.85. The molecule has 20 heavy (non-hydrogen) atoms. The van der Waals surface area contributed by atoms with Gasteiger partial charge in [0, 0.05) is 24.4 Å². The van der Waals surface area contributed by atoms with Gasteiger partial charge in [-0.3, -0.25) is 0 Å². The molecule has 2 rings (SSSR count). The highest BCUT2D eigenvalue weighted by atomic mass is 32.2. The van der Waals surface area contributed by atoms with Crippen molar-refractivity contribution in [2.45, 2.75) is 25.0 Å². The molecule has 112 valence electrons. The molecule has 1 aliphatic rings. The number of nitrogens with one attached hydrogen (secondary N) is 1. The molecule has 1 heterocycles. The first kappa shape index (κ1) is 15.5. The lowest BCUT2D eigenvalue weighted by Crippen LogP contribution is -2.45. The van der Waals surface area contributed by atoms with Gasteiger partial charge in [0.1, 0.15) is 12.4 Å². The number of benzene rings is 1. The molecule has 1 aliphatic heterocycles. The Kier molecular flexibility index (Phi) is 5.23. The molecule has 3 nitrogen and oxygen atoms in total. The van der Waals surface area contributed by atoms with Crippen LogP contribution in [0.3, 0.4) is 0 Å².